The summed E-state index contributed by atoms with van der Waals surface area (Å²) < 4.78 is 26.2. The van der Waals surface area contributed by atoms with Crippen LogP contribution < -0.4 is 10.0 Å². The van der Waals surface area contributed by atoms with Crippen LogP contribution in [0, 0.1) is 6.92 Å². The number of amides is 1. The number of nitrogens with zero attached hydrogens (tertiary/aromatic N) is 1. The maximum atomic E-state index is 12.1. The van der Waals surface area contributed by atoms with E-state index in [1.807, 2.05) is 0 Å². The number of rotatable bonds is 6. The molecule has 9 heteroatoms. The highest BCUT2D eigenvalue weighted by Gasteiger charge is 2.31. The van der Waals surface area contributed by atoms with Crippen molar-refractivity contribution in [2.75, 3.05) is 25.5 Å². The molecule has 1 amide bonds. The Labute approximate surface area is 140 Å². The maximum Gasteiger partial charge on any atom is 0.320 e. The fourth-order valence-corrected chi connectivity index (χ4v) is 3.75. The average molecular weight is 355 g/mol. The molecule has 1 aromatic rings. The van der Waals surface area contributed by atoms with Crippen molar-refractivity contribution in [1.82, 2.24) is 9.62 Å². The lowest BCUT2D eigenvalue weighted by molar-refractivity contribution is -0.142. The lowest BCUT2D eigenvalue weighted by Crippen LogP contribution is -2.40. The van der Waals surface area contributed by atoms with Crippen LogP contribution in [0.4, 0.5) is 5.69 Å². The Bertz CT molecular complexity index is 747. The van der Waals surface area contributed by atoms with Gasteiger partial charge in [-0.25, -0.2) is 13.1 Å². The van der Waals surface area contributed by atoms with E-state index in [2.05, 4.69) is 10.0 Å². The van der Waals surface area contributed by atoms with Crippen LogP contribution in [0.3, 0.4) is 0 Å². The minimum atomic E-state index is -3.62. The molecule has 1 fully saturated rings. The lowest BCUT2D eigenvalue weighted by atomic mass is 10.2. The summed E-state index contributed by atoms with van der Waals surface area (Å²) in [7, 11) is -2.30. The second kappa shape index (κ2) is 7.29. The number of carbonyl (C=O) groups is 2. The van der Waals surface area contributed by atoms with Crippen molar-refractivity contribution in [1.29, 1.82) is 0 Å². The standard InChI is InChI=1S/C15H21N3O5S/c1-10-5-6-11(8-13(10)24(22,23)16-2)17-14(19)9-18-7-3-4-12(18)15(20)21/h5-6,8,12,16H,3-4,7,9H2,1-2H3,(H,17,19)(H,20,21)/t12-/m0/s1. The smallest absolute Gasteiger partial charge is 0.320 e. The molecule has 8 nitrogen and oxygen atoms in total. The van der Waals surface area contributed by atoms with E-state index in [4.69, 9.17) is 5.11 Å². The minimum absolute atomic E-state index is 0.0427. The first-order valence-electron chi connectivity index (χ1n) is 7.55. The highest BCUT2D eigenvalue weighted by Crippen LogP contribution is 2.21. The van der Waals surface area contributed by atoms with Gasteiger partial charge in [0.15, 0.2) is 0 Å². The molecule has 0 saturated carbocycles. The first-order chi connectivity index (χ1) is 11.2. The summed E-state index contributed by atoms with van der Waals surface area (Å²) in [6.07, 6.45) is 1.26. The van der Waals surface area contributed by atoms with Gasteiger partial charge < -0.3 is 10.4 Å². The molecule has 0 aliphatic carbocycles. The zero-order valence-electron chi connectivity index (χ0n) is 13.6. The number of benzene rings is 1. The third kappa shape index (κ3) is 4.11. The Morgan fingerprint density at radius 1 is 1.38 bits per heavy atom. The fourth-order valence-electron chi connectivity index (χ4n) is 2.76. The van der Waals surface area contributed by atoms with Crippen LogP contribution in [0.1, 0.15) is 18.4 Å². The minimum Gasteiger partial charge on any atom is -0.480 e. The number of hydrogen-bond acceptors (Lipinski definition) is 5. The molecule has 3 N–H and O–H groups in total. The second-order valence-electron chi connectivity index (χ2n) is 5.70. The number of hydrogen-bond donors (Lipinski definition) is 3. The highest BCUT2D eigenvalue weighted by atomic mass is 32.2. The number of sulfonamides is 1. The van der Waals surface area contributed by atoms with E-state index < -0.39 is 22.0 Å². The summed E-state index contributed by atoms with van der Waals surface area (Å²) in [6.45, 7) is 2.17. The maximum absolute atomic E-state index is 12.1. The number of aryl methyl sites for hydroxylation is 1. The number of nitrogens with one attached hydrogen (secondary N) is 2. The van der Waals surface area contributed by atoms with Gasteiger partial charge in [-0.05, 0) is 51.1 Å². The van der Waals surface area contributed by atoms with Crippen molar-refractivity contribution in [3.63, 3.8) is 0 Å². The first kappa shape index (κ1) is 18.4. The van der Waals surface area contributed by atoms with Crippen molar-refractivity contribution in [3.05, 3.63) is 23.8 Å². The summed E-state index contributed by atoms with van der Waals surface area (Å²) in [5.41, 5.74) is 0.915. The van der Waals surface area contributed by atoms with Crippen molar-refractivity contribution in [3.8, 4) is 0 Å². The largest absolute Gasteiger partial charge is 0.480 e. The topological polar surface area (TPSA) is 116 Å². The number of carbonyl (C=O) groups excluding carboxylic acids is 1. The Balaban J connectivity index is 2.10. The van der Waals surface area contributed by atoms with Crippen LogP contribution in [-0.2, 0) is 19.6 Å². The molecule has 2 rings (SSSR count). The molecule has 0 radical (unpaired) electrons. The van der Waals surface area contributed by atoms with E-state index in [9.17, 15) is 18.0 Å². The van der Waals surface area contributed by atoms with Gasteiger partial charge in [0.25, 0.3) is 0 Å². The zero-order valence-corrected chi connectivity index (χ0v) is 14.4. The molecule has 132 valence electrons. The number of carboxylic acid groups (broad SMARTS) is 1. The molecule has 1 aliphatic rings. The Morgan fingerprint density at radius 2 is 2.08 bits per heavy atom. The van der Waals surface area contributed by atoms with Crippen LogP contribution in [-0.4, -0.2) is 56.5 Å². The van der Waals surface area contributed by atoms with E-state index in [0.717, 1.165) is 6.42 Å². The molecule has 0 unspecified atom stereocenters. The Hall–Kier alpha value is -1.97. The summed E-state index contributed by atoms with van der Waals surface area (Å²) in [5.74, 6) is -1.31. The quantitative estimate of drug-likeness (QED) is 0.680. The van der Waals surface area contributed by atoms with Gasteiger partial charge in [0.1, 0.15) is 6.04 Å². The SMILES string of the molecule is CNS(=O)(=O)c1cc(NC(=O)CN2CCC[C@H]2C(=O)O)ccc1C. The summed E-state index contributed by atoms with van der Waals surface area (Å²) in [6, 6.07) is 3.96. The molecule has 0 aromatic heterocycles. The molecule has 1 aromatic carbocycles. The fraction of sp³-hybridized carbons (Fsp3) is 0.467. The first-order valence-corrected chi connectivity index (χ1v) is 9.04. The van der Waals surface area contributed by atoms with Gasteiger partial charge in [0, 0.05) is 5.69 Å². The Morgan fingerprint density at radius 3 is 2.71 bits per heavy atom. The van der Waals surface area contributed by atoms with Crippen LogP contribution >= 0.6 is 0 Å². The summed E-state index contributed by atoms with van der Waals surface area (Å²) >= 11 is 0. The molecule has 24 heavy (non-hydrogen) atoms. The van der Waals surface area contributed by atoms with Crippen molar-refractivity contribution in [2.24, 2.45) is 0 Å². The average Bonchev–Trinajstić information content (AvgIpc) is 2.97. The molecular weight excluding hydrogens is 334 g/mol. The molecule has 1 aliphatic heterocycles. The van der Waals surface area contributed by atoms with E-state index in [1.165, 1.54) is 13.1 Å². The number of aliphatic carboxylic acids is 1. The number of likely N-dealkylation sites (tertiary alicyclic amines) is 1. The normalized spacial score (nSPS) is 18.5. The lowest BCUT2D eigenvalue weighted by Gasteiger charge is -2.20. The number of carboxylic acids is 1. The third-order valence-electron chi connectivity index (χ3n) is 4.03. The van der Waals surface area contributed by atoms with Crippen LogP contribution in [0.25, 0.3) is 0 Å². The molecule has 1 saturated heterocycles. The van der Waals surface area contributed by atoms with Gasteiger partial charge in [-0.1, -0.05) is 6.07 Å². The second-order valence-corrected chi connectivity index (χ2v) is 7.56. The monoisotopic (exact) mass is 355 g/mol. The summed E-state index contributed by atoms with van der Waals surface area (Å²) in [4.78, 5) is 25.0. The van der Waals surface area contributed by atoms with Gasteiger partial charge in [-0.15, -0.1) is 0 Å². The van der Waals surface area contributed by atoms with E-state index in [0.29, 0.717) is 24.2 Å². The van der Waals surface area contributed by atoms with Gasteiger partial charge in [-0.3, -0.25) is 14.5 Å². The predicted molar refractivity (Wildman–Crippen MR) is 88.3 cm³/mol. The highest BCUT2D eigenvalue weighted by molar-refractivity contribution is 7.89. The third-order valence-corrected chi connectivity index (χ3v) is 5.58. The van der Waals surface area contributed by atoms with Gasteiger partial charge >= 0.3 is 5.97 Å². The molecular formula is C15H21N3O5S. The van der Waals surface area contributed by atoms with Crippen molar-refractivity contribution < 1.29 is 23.1 Å². The molecule has 0 spiro atoms. The number of anilines is 1. The van der Waals surface area contributed by atoms with E-state index in [1.54, 1.807) is 24.0 Å². The van der Waals surface area contributed by atoms with E-state index in [-0.39, 0.29) is 17.3 Å². The van der Waals surface area contributed by atoms with Crippen molar-refractivity contribution in [2.45, 2.75) is 30.7 Å². The predicted octanol–water partition coefficient (Wildman–Crippen LogP) is 0.391. The molecule has 0 bridgehead atoms. The van der Waals surface area contributed by atoms with Gasteiger partial charge in [-0.2, -0.15) is 0 Å². The van der Waals surface area contributed by atoms with Crippen LogP contribution in [0.2, 0.25) is 0 Å². The summed E-state index contributed by atoms with van der Waals surface area (Å²) in [5, 5.41) is 11.7. The molecule has 1 heterocycles. The van der Waals surface area contributed by atoms with Gasteiger partial charge in [0.2, 0.25) is 15.9 Å². The van der Waals surface area contributed by atoms with Crippen LogP contribution in [0.5, 0.6) is 0 Å². The van der Waals surface area contributed by atoms with Crippen LogP contribution in [0.15, 0.2) is 23.1 Å². The zero-order chi connectivity index (χ0) is 17.9. The van der Waals surface area contributed by atoms with Gasteiger partial charge in [0.05, 0.1) is 11.4 Å². The van der Waals surface area contributed by atoms with E-state index >= 15 is 0 Å². The molecule has 1 atom stereocenters. The Kier molecular flexibility index (Phi) is 5.58. The van der Waals surface area contributed by atoms with Crippen molar-refractivity contribution >= 4 is 27.6 Å².